The standard InChI is InChI=1S/C22H35N5O2.HI/c1-17(2)21(29)27-14-11-19(12-15-27)25-22(24-16-20(28)26(3)4)23-13-10-18-8-6-5-7-9-18;/h5-9,17,19H,10-16H2,1-4H3,(H2,23,24,25);1H. The molecule has 1 saturated heterocycles. The van der Waals surface area contributed by atoms with Crippen molar-refractivity contribution < 1.29 is 9.59 Å². The second-order valence-corrected chi connectivity index (χ2v) is 8.01. The molecule has 0 radical (unpaired) electrons. The highest BCUT2D eigenvalue weighted by molar-refractivity contribution is 14.0. The Balaban J connectivity index is 0.00000450. The molecular weight excluding hydrogens is 493 g/mol. The van der Waals surface area contributed by atoms with Gasteiger partial charge in [0, 0.05) is 45.7 Å². The molecule has 2 rings (SSSR count). The lowest BCUT2D eigenvalue weighted by atomic mass is 10.0. The number of guanidine groups is 1. The van der Waals surface area contributed by atoms with E-state index in [1.165, 1.54) is 5.56 Å². The number of carbonyl (C=O) groups is 2. The second-order valence-electron chi connectivity index (χ2n) is 8.01. The first-order valence-corrected chi connectivity index (χ1v) is 10.4. The van der Waals surface area contributed by atoms with Gasteiger partial charge in [-0.1, -0.05) is 44.2 Å². The summed E-state index contributed by atoms with van der Waals surface area (Å²) in [6.45, 7) is 6.23. The van der Waals surface area contributed by atoms with Gasteiger partial charge in [-0.3, -0.25) is 9.59 Å². The van der Waals surface area contributed by atoms with Crippen molar-refractivity contribution in [2.45, 2.75) is 39.2 Å². The Bertz CT molecular complexity index is 686. The zero-order valence-corrected chi connectivity index (χ0v) is 20.9. The minimum Gasteiger partial charge on any atom is -0.356 e. The van der Waals surface area contributed by atoms with Crippen LogP contribution in [0.1, 0.15) is 32.3 Å². The fraction of sp³-hybridized carbons (Fsp3) is 0.591. The molecule has 0 atom stereocenters. The summed E-state index contributed by atoms with van der Waals surface area (Å²) in [7, 11) is 3.46. The third-order valence-corrected chi connectivity index (χ3v) is 5.06. The van der Waals surface area contributed by atoms with Gasteiger partial charge < -0.3 is 20.4 Å². The van der Waals surface area contributed by atoms with E-state index in [0.29, 0.717) is 5.96 Å². The van der Waals surface area contributed by atoms with Gasteiger partial charge >= 0.3 is 0 Å². The Labute approximate surface area is 197 Å². The molecule has 8 heteroatoms. The number of nitrogens with zero attached hydrogens (tertiary/aromatic N) is 3. The summed E-state index contributed by atoms with van der Waals surface area (Å²) in [6.07, 6.45) is 2.63. The normalized spacial score (nSPS) is 14.8. The number of carbonyl (C=O) groups excluding carboxylic acids is 2. The highest BCUT2D eigenvalue weighted by atomic mass is 127. The van der Waals surface area contributed by atoms with Gasteiger partial charge in [0.25, 0.3) is 0 Å². The van der Waals surface area contributed by atoms with E-state index in [0.717, 1.165) is 38.9 Å². The van der Waals surface area contributed by atoms with Crippen molar-refractivity contribution in [3.63, 3.8) is 0 Å². The zero-order chi connectivity index (χ0) is 21.2. The molecule has 30 heavy (non-hydrogen) atoms. The molecule has 0 unspecified atom stereocenters. The maximum Gasteiger partial charge on any atom is 0.243 e. The summed E-state index contributed by atoms with van der Waals surface area (Å²) in [5.74, 6) is 0.875. The van der Waals surface area contributed by atoms with Gasteiger partial charge in [0.05, 0.1) is 0 Å². The van der Waals surface area contributed by atoms with Crippen LogP contribution in [-0.2, 0) is 16.0 Å². The molecule has 1 aliphatic heterocycles. The van der Waals surface area contributed by atoms with E-state index in [-0.39, 0.29) is 54.3 Å². The first kappa shape index (κ1) is 26.2. The number of piperidine rings is 1. The van der Waals surface area contributed by atoms with Crippen LogP contribution < -0.4 is 10.6 Å². The van der Waals surface area contributed by atoms with E-state index in [9.17, 15) is 9.59 Å². The van der Waals surface area contributed by atoms with E-state index >= 15 is 0 Å². The molecule has 2 N–H and O–H groups in total. The Morgan fingerprint density at radius 1 is 1.17 bits per heavy atom. The smallest absolute Gasteiger partial charge is 0.243 e. The summed E-state index contributed by atoms with van der Waals surface area (Å²) in [4.78, 5) is 32.1. The Morgan fingerprint density at radius 2 is 1.80 bits per heavy atom. The topological polar surface area (TPSA) is 77.0 Å². The van der Waals surface area contributed by atoms with Crippen molar-refractivity contribution in [1.82, 2.24) is 20.4 Å². The maximum atomic E-state index is 12.2. The molecule has 1 aliphatic rings. The predicted octanol–water partition coefficient (Wildman–Crippen LogP) is 2.12. The van der Waals surface area contributed by atoms with E-state index in [2.05, 4.69) is 27.8 Å². The van der Waals surface area contributed by atoms with E-state index in [1.807, 2.05) is 36.9 Å². The van der Waals surface area contributed by atoms with Crippen LogP contribution in [0.2, 0.25) is 0 Å². The van der Waals surface area contributed by atoms with E-state index < -0.39 is 0 Å². The second kappa shape index (κ2) is 13.5. The van der Waals surface area contributed by atoms with Crippen LogP contribution in [0.5, 0.6) is 0 Å². The number of benzene rings is 1. The number of halogens is 1. The summed E-state index contributed by atoms with van der Waals surface area (Å²) >= 11 is 0. The van der Waals surface area contributed by atoms with Gasteiger partial charge in [0.15, 0.2) is 5.96 Å². The lowest BCUT2D eigenvalue weighted by Crippen LogP contribution is -2.50. The van der Waals surface area contributed by atoms with Crippen molar-refractivity contribution in [3.8, 4) is 0 Å². The van der Waals surface area contributed by atoms with Crippen LogP contribution in [0.15, 0.2) is 35.3 Å². The molecule has 0 bridgehead atoms. The summed E-state index contributed by atoms with van der Waals surface area (Å²) in [6, 6.07) is 10.5. The molecule has 7 nitrogen and oxygen atoms in total. The highest BCUT2D eigenvalue weighted by Crippen LogP contribution is 2.13. The highest BCUT2D eigenvalue weighted by Gasteiger charge is 2.24. The van der Waals surface area contributed by atoms with Crippen molar-refractivity contribution in [2.24, 2.45) is 10.9 Å². The van der Waals surface area contributed by atoms with Crippen LogP contribution in [0.4, 0.5) is 0 Å². The molecule has 0 aromatic heterocycles. The summed E-state index contributed by atoms with van der Waals surface area (Å²) < 4.78 is 0. The predicted molar refractivity (Wildman–Crippen MR) is 132 cm³/mol. The Morgan fingerprint density at radius 3 is 2.37 bits per heavy atom. The van der Waals surface area contributed by atoms with Crippen LogP contribution >= 0.6 is 24.0 Å². The zero-order valence-electron chi connectivity index (χ0n) is 18.6. The monoisotopic (exact) mass is 529 g/mol. The molecule has 0 saturated carbocycles. The van der Waals surface area contributed by atoms with Gasteiger partial charge in [-0.2, -0.15) is 0 Å². The molecule has 1 heterocycles. The summed E-state index contributed by atoms with van der Waals surface area (Å²) in [5.41, 5.74) is 1.25. The van der Waals surface area contributed by atoms with Crippen molar-refractivity contribution >= 4 is 41.8 Å². The summed E-state index contributed by atoms with van der Waals surface area (Å²) in [5, 5.41) is 6.81. The molecule has 1 aromatic rings. The van der Waals surface area contributed by atoms with Crippen molar-refractivity contribution in [3.05, 3.63) is 35.9 Å². The van der Waals surface area contributed by atoms with Crippen LogP contribution in [0.3, 0.4) is 0 Å². The molecule has 0 aliphatic carbocycles. The van der Waals surface area contributed by atoms with Crippen molar-refractivity contribution in [1.29, 1.82) is 0 Å². The van der Waals surface area contributed by atoms with Gasteiger partial charge in [0.2, 0.25) is 11.8 Å². The minimum atomic E-state index is -0.0356. The lowest BCUT2D eigenvalue weighted by Gasteiger charge is -2.34. The number of likely N-dealkylation sites (N-methyl/N-ethyl adjacent to an activating group) is 1. The molecule has 1 fully saturated rings. The SMILES string of the molecule is CC(C)C(=O)N1CCC(NC(=NCC(=O)N(C)C)NCCc2ccccc2)CC1.I. The lowest BCUT2D eigenvalue weighted by molar-refractivity contribution is -0.135. The fourth-order valence-corrected chi connectivity index (χ4v) is 3.21. The first-order chi connectivity index (χ1) is 13.9. The molecule has 0 spiro atoms. The fourth-order valence-electron chi connectivity index (χ4n) is 3.21. The third kappa shape index (κ3) is 8.89. The quantitative estimate of drug-likeness (QED) is 0.323. The molecule has 168 valence electrons. The van der Waals surface area contributed by atoms with E-state index in [1.54, 1.807) is 19.0 Å². The average molecular weight is 529 g/mol. The molecule has 1 aromatic carbocycles. The molecule has 2 amide bonds. The van der Waals surface area contributed by atoms with Gasteiger partial charge in [0.1, 0.15) is 6.54 Å². The van der Waals surface area contributed by atoms with Gasteiger partial charge in [-0.05, 0) is 24.8 Å². The number of amides is 2. The Hall–Kier alpha value is -1.84. The largest absolute Gasteiger partial charge is 0.356 e. The van der Waals surface area contributed by atoms with Crippen LogP contribution in [0, 0.1) is 5.92 Å². The van der Waals surface area contributed by atoms with Crippen molar-refractivity contribution in [2.75, 3.05) is 40.3 Å². The number of nitrogens with one attached hydrogen (secondary N) is 2. The number of hydrogen-bond donors (Lipinski definition) is 2. The number of hydrogen-bond acceptors (Lipinski definition) is 3. The average Bonchev–Trinajstić information content (AvgIpc) is 2.72. The number of likely N-dealkylation sites (tertiary alicyclic amines) is 1. The Kier molecular flexibility index (Phi) is 11.8. The third-order valence-electron chi connectivity index (χ3n) is 5.06. The van der Waals surface area contributed by atoms with Crippen LogP contribution in [0.25, 0.3) is 0 Å². The number of rotatable bonds is 7. The van der Waals surface area contributed by atoms with Crippen LogP contribution in [-0.4, -0.2) is 73.9 Å². The van der Waals surface area contributed by atoms with E-state index in [4.69, 9.17) is 0 Å². The maximum absolute atomic E-state index is 12.2. The van der Waals surface area contributed by atoms with Gasteiger partial charge in [-0.25, -0.2) is 4.99 Å². The minimum absolute atomic E-state index is 0. The number of aliphatic imine (C=N–C) groups is 1. The van der Waals surface area contributed by atoms with Gasteiger partial charge in [-0.15, -0.1) is 24.0 Å². The first-order valence-electron chi connectivity index (χ1n) is 10.4. The molecular formula is C22H36IN5O2.